The van der Waals surface area contributed by atoms with Crippen LogP contribution < -0.4 is 26.2 Å². The number of carboxylic acid groups (broad SMARTS) is 1. The SMILES string of the molecule is O=C(O)N[C@@H](c1ccccc1)c1cccc(OCc2nc(C(=O)NCCCCNC[C@H](O)c3ccc(O)c4[nH]c(=O)ccc34)cs2)c1. The van der Waals surface area contributed by atoms with Crippen LogP contribution in [0.2, 0.25) is 0 Å². The van der Waals surface area contributed by atoms with Crippen LogP contribution in [0.3, 0.4) is 0 Å². The summed E-state index contributed by atoms with van der Waals surface area (Å²) in [6.45, 7) is 1.52. The fraction of sp³-hybridized carbons (Fsp3) is 0.235. The molecule has 0 bridgehead atoms. The van der Waals surface area contributed by atoms with E-state index in [1.54, 1.807) is 35.7 Å². The number of aromatic hydroxyl groups is 1. The number of nitrogens with zero attached hydrogens (tertiary/aromatic N) is 1. The van der Waals surface area contributed by atoms with Gasteiger partial charge in [0.05, 0.1) is 17.7 Å². The van der Waals surface area contributed by atoms with E-state index in [-0.39, 0.29) is 30.4 Å². The van der Waals surface area contributed by atoms with Crippen LogP contribution in [0.25, 0.3) is 10.9 Å². The van der Waals surface area contributed by atoms with Crippen molar-refractivity contribution in [1.82, 2.24) is 25.9 Å². The number of aliphatic hydroxyl groups is 1. The molecule has 2 atom stereocenters. The highest BCUT2D eigenvalue weighted by Crippen LogP contribution is 2.29. The predicted molar refractivity (Wildman–Crippen MR) is 178 cm³/mol. The van der Waals surface area contributed by atoms with E-state index in [9.17, 15) is 29.7 Å². The Morgan fingerprint density at radius 2 is 1.74 bits per heavy atom. The molecule has 2 amide bonds. The number of unbranched alkanes of at least 4 members (excludes halogenated alkanes) is 1. The molecule has 7 N–H and O–H groups in total. The number of aromatic nitrogens is 2. The van der Waals surface area contributed by atoms with Crippen LogP contribution in [0.15, 0.2) is 89.0 Å². The average Bonchev–Trinajstić information content (AvgIpc) is 3.56. The van der Waals surface area contributed by atoms with Gasteiger partial charge in [-0.05, 0) is 60.3 Å². The van der Waals surface area contributed by atoms with E-state index in [1.807, 2.05) is 36.4 Å². The largest absolute Gasteiger partial charge is 0.506 e. The van der Waals surface area contributed by atoms with Crippen molar-refractivity contribution in [3.63, 3.8) is 0 Å². The Morgan fingerprint density at radius 1 is 0.957 bits per heavy atom. The minimum absolute atomic E-state index is 0.0572. The lowest BCUT2D eigenvalue weighted by Crippen LogP contribution is -2.27. The van der Waals surface area contributed by atoms with Crippen molar-refractivity contribution >= 4 is 34.2 Å². The first-order valence-corrected chi connectivity index (χ1v) is 15.9. The summed E-state index contributed by atoms with van der Waals surface area (Å²) in [6.07, 6.45) is -0.489. The van der Waals surface area contributed by atoms with Crippen LogP contribution in [-0.4, -0.2) is 56.9 Å². The van der Waals surface area contributed by atoms with Crippen molar-refractivity contribution in [2.75, 3.05) is 19.6 Å². The summed E-state index contributed by atoms with van der Waals surface area (Å²) in [4.78, 5) is 42.7. The number of H-pyrrole nitrogens is 1. The Bertz CT molecular complexity index is 1880. The van der Waals surface area contributed by atoms with Crippen LogP contribution in [0.5, 0.6) is 11.5 Å². The highest BCUT2D eigenvalue weighted by atomic mass is 32.1. The third kappa shape index (κ3) is 8.94. The number of carbonyl (C=O) groups excluding carboxylic acids is 1. The summed E-state index contributed by atoms with van der Waals surface area (Å²) in [7, 11) is 0. The number of aliphatic hydroxyl groups excluding tert-OH is 1. The van der Waals surface area contributed by atoms with Gasteiger partial charge in [-0.2, -0.15) is 0 Å². The van der Waals surface area contributed by atoms with E-state index in [0.717, 1.165) is 24.0 Å². The number of aromatic amines is 1. The lowest BCUT2D eigenvalue weighted by atomic mass is 9.99. The molecule has 244 valence electrons. The van der Waals surface area contributed by atoms with Crippen molar-refractivity contribution in [2.24, 2.45) is 0 Å². The van der Waals surface area contributed by atoms with Gasteiger partial charge in [0.25, 0.3) is 5.91 Å². The fourth-order valence-corrected chi connectivity index (χ4v) is 5.79. The smallest absolute Gasteiger partial charge is 0.405 e. The number of pyridine rings is 1. The summed E-state index contributed by atoms with van der Waals surface area (Å²) in [5.41, 5.74) is 2.39. The zero-order valence-electron chi connectivity index (χ0n) is 25.3. The van der Waals surface area contributed by atoms with Gasteiger partial charge in [0.15, 0.2) is 0 Å². The van der Waals surface area contributed by atoms with E-state index in [2.05, 4.69) is 25.9 Å². The molecule has 0 saturated carbocycles. The Balaban J connectivity index is 1.03. The van der Waals surface area contributed by atoms with Gasteiger partial charge >= 0.3 is 6.09 Å². The first kappa shape index (κ1) is 33.1. The van der Waals surface area contributed by atoms with Crippen LogP contribution in [0, 0.1) is 0 Å². The topological polar surface area (TPSA) is 186 Å². The summed E-state index contributed by atoms with van der Waals surface area (Å²) in [6, 6.07) is 21.9. The van der Waals surface area contributed by atoms with E-state index in [4.69, 9.17) is 4.74 Å². The maximum atomic E-state index is 12.6. The second kappa shape index (κ2) is 15.9. The molecule has 2 aromatic heterocycles. The molecule has 12 nitrogen and oxygen atoms in total. The average molecular weight is 658 g/mol. The Morgan fingerprint density at radius 3 is 2.55 bits per heavy atom. The maximum absolute atomic E-state index is 12.6. The second-order valence-electron chi connectivity index (χ2n) is 10.7. The number of hydrogen-bond acceptors (Lipinski definition) is 9. The van der Waals surface area contributed by atoms with Gasteiger partial charge in [-0.3, -0.25) is 9.59 Å². The van der Waals surface area contributed by atoms with Gasteiger partial charge in [-0.1, -0.05) is 48.5 Å². The first-order chi connectivity index (χ1) is 22.8. The highest BCUT2D eigenvalue weighted by molar-refractivity contribution is 7.09. The molecule has 0 saturated heterocycles. The molecule has 0 spiro atoms. The van der Waals surface area contributed by atoms with Crippen molar-refractivity contribution in [3.8, 4) is 11.5 Å². The normalized spacial score (nSPS) is 12.4. The first-order valence-electron chi connectivity index (χ1n) is 15.0. The number of nitrogens with one attached hydrogen (secondary N) is 4. The number of hydrogen-bond donors (Lipinski definition) is 7. The third-order valence-electron chi connectivity index (χ3n) is 7.41. The van der Waals surface area contributed by atoms with Gasteiger partial charge in [0, 0.05) is 29.9 Å². The minimum Gasteiger partial charge on any atom is -0.506 e. The lowest BCUT2D eigenvalue weighted by Gasteiger charge is -2.18. The second-order valence-corrected chi connectivity index (χ2v) is 11.7. The molecule has 47 heavy (non-hydrogen) atoms. The molecular weight excluding hydrogens is 622 g/mol. The van der Waals surface area contributed by atoms with Gasteiger partial charge in [0.2, 0.25) is 5.56 Å². The number of phenols is 1. The van der Waals surface area contributed by atoms with Crippen molar-refractivity contribution in [2.45, 2.75) is 31.6 Å². The zero-order valence-corrected chi connectivity index (χ0v) is 26.1. The van der Waals surface area contributed by atoms with Crippen molar-refractivity contribution < 1.29 is 29.6 Å². The van der Waals surface area contributed by atoms with Crippen LogP contribution in [0.4, 0.5) is 4.79 Å². The number of thiazole rings is 1. The monoisotopic (exact) mass is 657 g/mol. The van der Waals surface area contributed by atoms with Gasteiger partial charge in [-0.25, -0.2) is 9.78 Å². The number of ether oxygens (including phenoxy) is 1. The number of phenolic OH excluding ortho intramolecular Hbond substituents is 1. The van der Waals surface area contributed by atoms with E-state index in [0.29, 0.717) is 46.0 Å². The number of benzene rings is 3. The molecule has 3 aromatic carbocycles. The predicted octanol–water partition coefficient (Wildman–Crippen LogP) is 4.46. The van der Waals surface area contributed by atoms with Crippen molar-refractivity contribution in [1.29, 1.82) is 0 Å². The molecule has 0 aliphatic carbocycles. The molecule has 0 fully saturated rings. The molecule has 5 aromatic rings. The third-order valence-corrected chi connectivity index (χ3v) is 8.23. The lowest BCUT2D eigenvalue weighted by molar-refractivity contribution is 0.0948. The van der Waals surface area contributed by atoms with Crippen molar-refractivity contribution in [3.05, 3.63) is 122 Å². The fourth-order valence-electron chi connectivity index (χ4n) is 5.10. The van der Waals surface area contributed by atoms with Crippen LogP contribution in [-0.2, 0) is 6.61 Å². The summed E-state index contributed by atoms with van der Waals surface area (Å²) >= 11 is 1.31. The number of amides is 2. The number of fused-ring (bicyclic) bond motifs is 1. The van der Waals surface area contributed by atoms with Crippen LogP contribution >= 0.6 is 11.3 Å². The highest BCUT2D eigenvalue weighted by Gasteiger charge is 2.18. The molecule has 0 unspecified atom stereocenters. The molecule has 13 heteroatoms. The molecule has 0 aliphatic heterocycles. The number of rotatable bonds is 15. The quantitative estimate of drug-likeness (QED) is 0.0799. The number of carbonyl (C=O) groups is 2. The maximum Gasteiger partial charge on any atom is 0.405 e. The minimum atomic E-state index is -1.13. The zero-order chi connectivity index (χ0) is 33.2. The van der Waals surface area contributed by atoms with Crippen LogP contribution in [0.1, 0.15) is 57.2 Å². The van der Waals surface area contributed by atoms with E-state index in [1.165, 1.54) is 23.5 Å². The van der Waals surface area contributed by atoms with Gasteiger partial charge in [0.1, 0.15) is 28.8 Å². The Kier molecular flexibility index (Phi) is 11.2. The molecule has 0 aliphatic rings. The van der Waals surface area contributed by atoms with E-state index >= 15 is 0 Å². The molecular formula is C34H35N5O7S. The Labute approximate surface area is 274 Å². The summed E-state index contributed by atoms with van der Waals surface area (Å²) in [5.74, 6) is 0.213. The molecule has 2 heterocycles. The molecule has 5 rings (SSSR count). The van der Waals surface area contributed by atoms with E-state index < -0.39 is 18.2 Å². The van der Waals surface area contributed by atoms with Gasteiger partial charge in [-0.15, -0.1) is 11.3 Å². The molecule has 0 radical (unpaired) electrons. The standard InChI is InChI=1S/C34H35N5O7S/c40-27-13-11-24(25-12-14-29(42)38-32(25)27)28(41)18-35-15-4-5-16-36-33(43)26-20-47-30(37-26)19-46-23-10-6-9-22(17-23)31(39-34(44)45)21-7-2-1-3-8-21/h1-3,6-14,17,20,28,31,35,39-41H,4-5,15-16,18-19H2,(H,36,43)(H,38,42)(H,44,45)/t28-,31-/m0/s1. The Hall–Kier alpha value is -5.24. The summed E-state index contributed by atoms with van der Waals surface area (Å²) in [5, 5.41) is 41.6. The van der Waals surface area contributed by atoms with Gasteiger partial charge < -0.3 is 41.0 Å². The summed E-state index contributed by atoms with van der Waals surface area (Å²) < 4.78 is 5.92.